The lowest BCUT2D eigenvalue weighted by Crippen LogP contribution is -2.19. The van der Waals surface area contributed by atoms with E-state index in [1.54, 1.807) is 0 Å². The first-order valence-corrected chi connectivity index (χ1v) is 8.21. The van der Waals surface area contributed by atoms with Gasteiger partial charge in [0.1, 0.15) is 0 Å². The predicted octanol–water partition coefficient (Wildman–Crippen LogP) is 5.65. The predicted molar refractivity (Wildman–Crippen MR) is 97.9 cm³/mol. The first-order chi connectivity index (χ1) is 10.00. The third-order valence-electron chi connectivity index (χ3n) is 3.86. The van der Waals surface area contributed by atoms with Gasteiger partial charge in [0.25, 0.3) is 0 Å². The van der Waals surface area contributed by atoms with E-state index < -0.39 is 0 Å². The maximum absolute atomic E-state index is 5.01. The average Bonchev–Trinajstić information content (AvgIpc) is 2.35. The number of benzene rings is 1. The zero-order chi connectivity index (χ0) is 16.7. The zero-order valence-corrected chi connectivity index (χ0v) is 15.3. The van der Waals surface area contributed by atoms with Crippen molar-refractivity contribution < 1.29 is 0 Å². The molecule has 0 atom stereocenters. The van der Waals surface area contributed by atoms with Crippen molar-refractivity contribution in [3.63, 3.8) is 0 Å². The molecule has 0 unspecified atom stereocenters. The summed E-state index contributed by atoms with van der Waals surface area (Å²) in [6.45, 7) is 17.8. The van der Waals surface area contributed by atoms with Crippen molar-refractivity contribution in [2.45, 2.75) is 72.3 Å². The number of nitrogens with one attached hydrogen (secondary N) is 1. The summed E-state index contributed by atoms with van der Waals surface area (Å²) in [7, 11) is 0. The van der Waals surface area contributed by atoms with E-state index in [1.165, 1.54) is 10.9 Å². The Balaban J connectivity index is 2.83. The fraction of sp³-hybridized carbons (Fsp3) is 0.550. The minimum absolute atomic E-state index is 0.0408. The molecular formula is C20H30N2. The van der Waals surface area contributed by atoms with Gasteiger partial charge in [-0.1, -0.05) is 53.7 Å². The molecule has 120 valence electrons. The molecule has 0 saturated heterocycles. The fourth-order valence-electron chi connectivity index (χ4n) is 2.68. The number of para-hydroxylation sites is 1. The molecule has 0 amide bonds. The number of pyridine rings is 1. The Morgan fingerprint density at radius 3 is 2.09 bits per heavy atom. The topological polar surface area (TPSA) is 24.9 Å². The lowest BCUT2D eigenvalue weighted by molar-refractivity contribution is 0.558. The van der Waals surface area contributed by atoms with Crippen molar-refractivity contribution in [3.05, 3.63) is 35.5 Å². The van der Waals surface area contributed by atoms with E-state index in [4.69, 9.17) is 4.98 Å². The van der Waals surface area contributed by atoms with E-state index in [1.807, 2.05) is 0 Å². The highest BCUT2D eigenvalue weighted by molar-refractivity contribution is 5.93. The number of nitrogens with zero attached hydrogens (tertiary/aromatic N) is 1. The second-order valence-electron chi connectivity index (χ2n) is 8.56. The van der Waals surface area contributed by atoms with Crippen LogP contribution in [0.1, 0.15) is 66.6 Å². The third-order valence-corrected chi connectivity index (χ3v) is 3.86. The van der Waals surface area contributed by atoms with Crippen LogP contribution in [0.5, 0.6) is 0 Å². The highest BCUT2D eigenvalue weighted by atomic mass is 14.9. The van der Waals surface area contributed by atoms with E-state index in [-0.39, 0.29) is 10.8 Å². The lowest BCUT2D eigenvalue weighted by atomic mass is 9.81. The Hall–Kier alpha value is -1.57. The maximum Gasteiger partial charge on any atom is 0.0939 e. The molecular weight excluding hydrogens is 268 g/mol. The van der Waals surface area contributed by atoms with Crippen LogP contribution in [-0.2, 0) is 10.8 Å². The molecule has 1 aromatic heterocycles. The summed E-state index contributed by atoms with van der Waals surface area (Å²) in [5, 5.41) is 4.80. The van der Waals surface area contributed by atoms with Gasteiger partial charge in [-0.25, -0.2) is 0 Å². The lowest BCUT2D eigenvalue weighted by Gasteiger charge is -2.27. The Labute approximate surface area is 135 Å². The van der Waals surface area contributed by atoms with Gasteiger partial charge in [0.05, 0.1) is 11.2 Å². The standard InChI is InChI=1S/C20H30N2/c1-13(2)21-16-11-9-10-14-15(19(3,4)5)12-17(20(6,7)8)22-18(14)16/h9-13,21H,1-8H3. The summed E-state index contributed by atoms with van der Waals surface area (Å²) in [5.41, 5.74) is 4.88. The number of aromatic nitrogens is 1. The first-order valence-electron chi connectivity index (χ1n) is 8.21. The van der Waals surface area contributed by atoms with E-state index >= 15 is 0 Å². The molecule has 1 N–H and O–H groups in total. The third kappa shape index (κ3) is 3.43. The highest BCUT2D eigenvalue weighted by Gasteiger charge is 2.24. The SMILES string of the molecule is CC(C)Nc1cccc2c(C(C)(C)C)cc(C(C)(C)C)nc12. The summed E-state index contributed by atoms with van der Waals surface area (Å²) < 4.78 is 0. The molecule has 1 aromatic carbocycles. The molecule has 0 aliphatic heterocycles. The van der Waals surface area contributed by atoms with Crippen LogP contribution >= 0.6 is 0 Å². The van der Waals surface area contributed by atoms with E-state index in [0.717, 1.165) is 16.9 Å². The van der Waals surface area contributed by atoms with Gasteiger partial charge < -0.3 is 5.32 Å². The summed E-state index contributed by atoms with van der Waals surface area (Å²) in [6, 6.07) is 9.14. The molecule has 0 fully saturated rings. The van der Waals surface area contributed by atoms with Crippen molar-refractivity contribution in [2.75, 3.05) is 5.32 Å². The minimum atomic E-state index is 0.0408. The van der Waals surface area contributed by atoms with Crippen molar-refractivity contribution in [1.29, 1.82) is 0 Å². The minimum Gasteiger partial charge on any atom is -0.381 e. The molecule has 2 rings (SSSR count). The van der Waals surface area contributed by atoms with Crippen LogP contribution in [0, 0.1) is 0 Å². The number of anilines is 1. The Morgan fingerprint density at radius 2 is 1.59 bits per heavy atom. The van der Waals surface area contributed by atoms with Crippen molar-refractivity contribution in [1.82, 2.24) is 4.98 Å². The van der Waals surface area contributed by atoms with Gasteiger partial charge in [0.15, 0.2) is 0 Å². The van der Waals surface area contributed by atoms with E-state index in [0.29, 0.717) is 6.04 Å². The van der Waals surface area contributed by atoms with Crippen LogP contribution in [0.25, 0.3) is 10.9 Å². The van der Waals surface area contributed by atoms with Crippen LogP contribution in [0.15, 0.2) is 24.3 Å². The Morgan fingerprint density at radius 1 is 0.955 bits per heavy atom. The summed E-state index contributed by atoms with van der Waals surface area (Å²) in [6.07, 6.45) is 0. The number of hydrogen-bond acceptors (Lipinski definition) is 2. The van der Waals surface area contributed by atoms with Crippen LogP contribution in [0.2, 0.25) is 0 Å². The molecule has 2 heteroatoms. The normalized spacial score (nSPS) is 13.0. The van der Waals surface area contributed by atoms with Gasteiger partial charge in [-0.2, -0.15) is 0 Å². The highest BCUT2D eigenvalue weighted by Crippen LogP contribution is 2.35. The molecule has 0 aliphatic carbocycles. The molecule has 0 aliphatic rings. The van der Waals surface area contributed by atoms with Crippen molar-refractivity contribution >= 4 is 16.6 Å². The molecule has 0 saturated carbocycles. The van der Waals surface area contributed by atoms with Gasteiger partial charge >= 0.3 is 0 Å². The molecule has 0 radical (unpaired) electrons. The molecule has 1 heterocycles. The smallest absolute Gasteiger partial charge is 0.0939 e. The van der Waals surface area contributed by atoms with Crippen LogP contribution in [0.3, 0.4) is 0 Å². The quantitative estimate of drug-likeness (QED) is 0.775. The van der Waals surface area contributed by atoms with Crippen LogP contribution in [-0.4, -0.2) is 11.0 Å². The maximum atomic E-state index is 5.01. The summed E-state index contributed by atoms with van der Waals surface area (Å²) >= 11 is 0. The number of fused-ring (bicyclic) bond motifs is 1. The van der Waals surface area contributed by atoms with Gasteiger partial charge in [-0.05, 0) is 37.0 Å². The Bertz CT molecular complexity index is 670. The fourth-order valence-corrected chi connectivity index (χ4v) is 2.68. The molecule has 22 heavy (non-hydrogen) atoms. The van der Waals surface area contributed by atoms with Gasteiger partial charge in [0.2, 0.25) is 0 Å². The number of rotatable bonds is 2. The van der Waals surface area contributed by atoms with Gasteiger partial charge in [-0.3, -0.25) is 4.98 Å². The second-order valence-corrected chi connectivity index (χ2v) is 8.56. The molecule has 2 nitrogen and oxygen atoms in total. The molecule has 0 bridgehead atoms. The van der Waals surface area contributed by atoms with E-state index in [2.05, 4.69) is 85.0 Å². The number of hydrogen-bond donors (Lipinski definition) is 1. The van der Waals surface area contributed by atoms with Crippen molar-refractivity contribution in [3.8, 4) is 0 Å². The largest absolute Gasteiger partial charge is 0.381 e. The molecule has 2 aromatic rings. The van der Waals surface area contributed by atoms with Gasteiger partial charge in [0, 0.05) is 22.5 Å². The summed E-state index contributed by atoms with van der Waals surface area (Å²) in [4.78, 5) is 5.01. The summed E-state index contributed by atoms with van der Waals surface area (Å²) in [5.74, 6) is 0. The van der Waals surface area contributed by atoms with Crippen molar-refractivity contribution in [2.24, 2.45) is 0 Å². The second kappa shape index (κ2) is 5.57. The first kappa shape index (κ1) is 16.8. The van der Waals surface area contributed by atoms with Crippen LogP contribution < -0.4 is 5.32 Å². The molecule has 0 spiro atoms. The zero-order valence-electron chi connectivity index (χ0n) is 15.3. The Kier molecular flexibility index (Phi) is 4.25. The van der Waals surface area contributed by atoms with Gasteiger partial charge in [-0.15, -0.1) is 0 Å². The van der Waals surface area contributed by atoms with Crippen LogP contribution in [0.4, 0.5) is 5.69 Å². The average molecular weight is 298 g/mol. The monoisotopic (exact) mass is 298 g/mol. The van der Waals surface area contributed by atoms with E-state index in [9.17, 15) is 0 Å².